The molecule has 4 nitrogen and oxygen atoms in total. The van der Waals surface area contributed by atoms with Crippen molar-refractivity contribution in [1.82, 2.24) is 5.32 Å². The molecule has 4 N–H and O–H groups in total. The quantitative estimate of drug-likeness (QED) is 0.296. The second kappa shape index (κ2) is 5.62. The summed E-state index contributed by atoms with van der Waals surface area (Å²) in [7, 11) is 0. The Morgan fingerprint density at radius 3 is 3.14 bits per heavy atom. The molecular formula is C9H15N3OS. The van der Waals surface area contributed by atoms with E-state index < -0.39 is 0 Å². The van der Waals surface area contributed by atoms with Gasteiger partial charge in [-0.3, -0.25) is 0 Å². The lowest BCUT2D eigenvalue weighted by Gasteiger charge is -2.10. The number of rotatable bonds is 5. The molecule has 14 heavy (non-hydrogen) atoms. The Labute approximate surface area is 87.4 Å². The normalized spacial score (nSPS) is 14.2. The predicted molar refractivity (Wildman–Crippen MR) is 58.9 cm³/mol. The van der Waals surface area contributed by atoms with Crippen LogP contribution >= 0.6 is 11.3 Å². The van der Waals surface area contributed by atoms with Gasteiger partial charge >= 0.3 is 0 Å². The van der Waals surface area contributed by atoms with E-state index in [9.17, 15) is 0 Å². The van der Waals surface area contributed by atoms with Gasteiger partial charge in [0.1, 0.15) is 0 Å². The molecule has 0 aliphatic heterocycles. The van der Waals surface area contributed by atoms with Gasteiger partial charge in [0, 0.05) is 11.4 Å². The van der Waals surface area contributed by atoms with Gasteiger partial charge in [-0.2, -0.15) is 0 Å². The van der Waals surface area contributed by atoms with Crippen LogP contribution in [0.15, 0.2) is 22.7 Å². The smallest absolute Gasteiger partial charge is 0.156 e. The first-order chi connectivity index (χ1) is 6.74. The maximum absolute atomic E-state index is 8.41. The topological polar surface area (TPSA) is 70.6 Å². The minimum atomic E-state index is -0.0834. The standard InChI is InChI=1S/C9H15N3OS/c1-7(9(10)12-13)11-5-4-8-3-2-6-14-8/h2-3,6-7,11,13H,4-5H2,1H3,(H2,10,12). The van der Waals surface area contributed by atoms with Gasteiger partial charge < -0.3 is 16.3 Å². The van der Waals surface area contributed by atoms with Gasteiger partial charge in [0.15, 0.2) is 5.84 Å². The van der Waals surface area contributed by atoms with Crippen molar-refractivity contribution in [3.63, 3.8) is 0 Å². The summed E-state index contributed by atoms with van der Waals surface area (Å²) in [6.07, 6.45) is 0.973. The molecule has 0 saturated carbocycles. The van der Waals surface area contributed by atoms with Crippen molar-refractivity contribution in [3.05, 3.63) is 22.4 Å². The summed E-state index contributed by atoms with van der Waals surface area (Å²) in [6.45, 7) is 2.70. The van der Waals surface area contributed by atoms with Gasteiger partial charge in [-0.05, 0) is 24.8 Å². The van der Waals surface area contributed by atoms with Crippen LogP contribution < -0.4 is 11.1 Å². The lowest BCUT2D eigenvalue weighted by Crippen LogP contribution is -2.39. The van der Waals surface area contributed by atoms with Crippen LogP contribution in [-0.4, -0.2) is 23.6 Å². The average Bonchev–Trinajstić information content (AvgIpc) is 2.69. The number of nitrogens with zero attached hydrogens (tertiary/aromatic N) is 1. The molecule has 0 aliphatic carbocycles. The summed E-state index contributed by atoms with van der Waals surface area (Å²) >= 11 is 1.74. The van der Waals surface area contributed by atoms with Crippen LogP contribution in [0.3, 0.4) is 0 Å². The second-order valence-electron chi connectivity index (χ2n) is 3.03. The molecule has 0 spiro atoms. The number of amidine groups is 1. The van der Waals surface area contributed by atoms with Crippen molar-refractivity contribution in [1.29, 1.82) is 0 Å². The van der Waals surface area contributed by atoms with Crippen LogP contribution in [0.25, 0.3) is 0 Å². The van der Waals surface area contributed by atoms with Gasteiger partial charge in [-0.1, -0.05) is 11.2 Å². The first-order valence-corrected chi connectivity index (χ1v) is 5.35. The maximum Gasteiger partial charge on any atom is 0.156 e. The Balaban J connectivity index is 2.22. The van der Waals surface area contributed by atoms with Gasteiger partial charge in [-0.15, -0.1) is 11.3 Å². The monoisotopic (exact) mass is 213 g/mol. The number of hydrogen-bond acceptors (Lipinski definition) is 4. The van der Waals surface area contributed by atoms with Crippen molar-refractivity contribution in [3.8, 4) is 0 Å². The Kier molecular flexibility index (Phi) is 4.42. The fraction of sp³-hybridized carbons (Fsp3) is 0.444. The van der Waals surface area contributed by atoms with E-state index in [1.54, 1.807) is 11.3 Å². The molecule has 0 radical (unpaired) electrons. The number of nitrogens with two attached hydrogens (primary N) is 1. The molecule has 1 atom stereocenters. The van der Waals surface area contributed by atoms with Crippen LogP contribution in [0.4, 0.5) is 0 Å². The van der Waals surface area contributed by atoms with E-state index in [4.69, 9.17) is 10.9 Å². The van der Waals surface area contributed by atoms with E-state index in [-0.39, 0.29) is 11.9 Å². The van der Waals surface area contributed by atoms with Gasteiger partial charge in [0.25, 0.3) is 0 Å². The zero-order valence-electron chi connectivity index (χ0n) is 8.10. The summed E-state index contributed by atoms with van der Waals surface area (Å²) in [6, 6.07) is 4.05. The SMILES string of the molecule is CC(NCCc1cccs1)C(N)=NO. The number of nitrogens with one attached hydrogen (secondary N) is 1. The molecule has 1 aromatic heterocycles. The molecule has 1 aromatic rings. The van der Waals surface area contributed by atoms with E-state index >= 15 is 0 Å². The molecule has 5 heteroatoms. The number of oxime groups is 1. The average molecular weight is 213 g/mol. The fourth-order valence-electron chi connectivity index (χ4n) is 1.06. The van der Waals surface area contributed by atoms with Crippen molar-refractivity contribution in [2.45, 2.75) is 19.4 Å². The highest BCUT2D eigenvalue weighted by Gasteiger charge is 2.05. The summed E-state index contributed by atoms with van der Waals surface area (Å²) in [4.78, 5) is 1.34. The molecule has 1 heterocycles. The predicted octanol–water partition coefficient (Wildman–Crippen LogP) is 1.02. The zero-order valence-corrected chi connectivity index (χ0v) is 8.92. The zero-order chi connectivity index (χ0) is 10.4. The third-order valence-electron chi connectivity index (χ3n) is 1.96. The van der Waals surface area contributed by atoms with Gasteiger partial charge in [0.2, 0.25) is 0 Å². The van der Waals surface area contributed by atoms with E-state index in [2.05, 4.69) is 21.9 Å². The minimum Gasteiger partial charge on any atom is -0.409 e. The van der Waals surface area contributed by atoms with Crippen molar-refractivity contribution in [2.24, 2.45) is 10.9 Å². The molecular weight excluding hydrogens is 198 g/mol. The van der Waals surface area contributed by atoms with Crippen LogP contribution in [0.1, 0.15) is 11.8 Å². The molecule has 0 aromatic carbocycles. The molecule has 1 unspecified atom stereocenters. The highest BCUT2D eigenvalue weighted by molar-refractivity contribution is 7.09. The molecule has 0 saturated heterocycles. The van der Waals surface area contributed by atoms with E-state index in [1.807, 2.05) is 13.0 Å². The van der Waals surface area contributed by atoms with E-state index in [0.717, 1.165) is 13.0 Å². The van der Waals surface area contributed by atoms with E-state index in [0.29, 0.717) is 0 Å². The van der Waals surface area contributed by atoms with Gasteiger partial charge in [-0.25, -0.2) is 0 Å². The van der Waals surface area contributed by atoms with E-state index in [1.165, 1.54) is 4.88 Å². The first kappa shape index (κ1) is 11.0. The Morgan fingerprint density at radius 2 is 2.57 bits per heavy atom. The Morgan fingerprint density at radius 1 is 1.79 bits per heavy atom. The Hall–Kier alpha value is -1.07. The molecule has 0 bridgehead atoms. The highest BCUT2D eigenvalue weighted by Crippen LogP contribution is 2.08. The fourth-order valence-corrected chi connectivity index (χ4v) is 1.77. The third kappa shape index (κ3) is 3.35. The highest BCUT2D eigenvalue weighted by atomic mass is 32.1. The molecule has 78 valence electrons. The minimum absolute atomic E-state index is 0.0834. The molecule has 1 rings (SSSR count). The van der Waals surface area contributed by atoms with Gasteiger partial charge in [0.05, 0.1) is 6.04 Å². The Bertz CT molecular complexity index is 284. The van der Waals surface area contributed by atoms with Crippen molar-refractivity contribution < 1.29 is 5.21 Å². The summed E-state index contributed by atoms with van der Waals surface area (Å²) in [5.74, 6) is 0.219. The van der Waals surface area contributed by atoms with Crippen LogP contribution in [-0.2, 0) is 6.42 Å². The lowest BCUT2D eigenvalue weighted by atomic mass is 10.3. The molecule has 0 amide bonds. The van der Waals surface area contributed by atoms with Crippen LogP contribution in [0, 0.1) is 0 Å². The van der Waals surface area contributed by atoms with Crippen LogP contribution in [0.5, 0.6) is 0 Å². The second-order valence-corrected chi connectivity index (χ2v) is 4.06. The van der Waals surface area contributed by atoms with Crippen LogP contribution in [0.2, 0.25) is 0 Å². The third-order valence-corrected chi connectivity index (χ3v) is 2.90. The lowest BCUT2D eigenvalue weighted by molar-refractivity contribution is 0.315. The number of hydrogen-bond donors (Lipinski definition) is 3. The number of thiophene rings is 1. The summed E-state index contributed by atoms with van der Waals surface area (Å²) < 4.78 is 0. The van der Waals surface area contributed by atoms with Crippen molar-refractivity contribution in [2.75, 3.05) is 6.54 Å². The first-order valence-electron chi connectivity index (χ1n) is 4.47. The van der Waals surface area contributed by atoms with Crippen molar-refractivity contribution >= 4 is 17.2 Å². The maximum atomic E-state index is 8.41. The molecule has 0 aliphatic rings. The summed E-state index contributed by atoms with van der Waals surface area (Å²) in [5.41, 5.74) is 5.42. The summed E-state index contributed by atoms with van der Waals surface area (Å²) in [5, 5.41) is 16.6. The molecule has 0 fully saturated rings. The largest absolute Gasteiger partial charge is 0.409 e.